The van der Waals surface area contributed by atoms with E-state index in [4.69, 9.17) is 23.2 Å². The first-order valence-corrected chi connectivity index (χ1v) is 10.1. The molecule has 1 aliphatic heterocycles. The number of pyridine rings is 1. The lowest BCUT2D eigenvalue weighted by molar-refractivity contribution is -0.120. The molecule has 0 saturated carbocycles. The van der Waals surface area contributed by atoms with Gasteiger partial charge in [-0.05, 0) is 55.3 Å². The Morgan fingerprint density at radius 1 is 1.10 bits per heavy atom. The van der Waals surface area contributed by atoms with Crippen molar-refractivity contribution in [2.75, 3.05) is 23.3 Å². The van der Waals surface area contributed by atoms with Crippen LogP contribution in [0.1, 0.15) is 12.8 Å². The SMILES string of the molecule is O=C(Nc1ccc(Cl)c(Cl)c1)C1CCCN(c2ccc(-c3cccnc3)nn2)C1. The predicted octanol–water partition coefficient (Wildman–Crippen LogP) is 4.70. The summed E-state index contributed by atoms with van der Waals surface area (Å²) in [4.78, 5) is 18.9. The standard InChI is InChI=1S/C21H19Cl2N5O/c22-17-6-5-16(11-18(17)23)25-21(29)15-4-2-10-28(13-15)20-8-7-19(26-27-20)14-3-1-9-24-12-14/h1,3,5-9,11-12,15H,2,4,10,13H2,(H,25,29). The van der Waals surface area contributed by atoms with Crippen molar-refractivity contribution in [1.82, 2.24) is 15.2 Å². The number of halogens is 2. The summed E-state index contributed by atoms with van der Waals surface area (Å²) in [6, 6.07) is 12.8. The van der Waals surface area contributed by atoms with Crippen LogP contribution in [0.15, 0.2) is 54.9 Å². The third-order valence-corrected chi connectivity index (χ3v) is 5.65. The van der Waals surface area contributed by atoms with E-state index in [9.17, 15) is 4.79 Å². The van der Waals surface area contributed by atoms with Crippen molar-refractivity contribution in [3.05, 3.63) is 64.9 Å². The molecule has 3 heterocycles. The molecule has 0 bridgehead atoms. The number of carbonyl (C=O) groups is 1. The Labute approximate surface area is 178 Å². The minimum atomic E-state index is -0.141. The average Bonchev–Trinajstić information content (AvgIpc) is 2.77. The number of carbonyl (C=O) groups excluding carboxylic acids is 1. The van der Waals surface area contributed by atoms with Crippen LogP contribution in [-0.2, 0) is 4.79 Å². The highest BCUT2D eigenvalue weighted by Gasteiger charge is 2.27. The lowest BCUT2D eigenvalue weighted by Gasteiger charge is -2.32. The molecule has 1 aromatic carbocycles. The number of hydrogen-bond acceptors (Lipinski definition) is 5. The quantitative estimate of drug-likeness (QED) is 0.652. The molecule has 29 heavy (non-hydrogen) atoms. The summed E-state index contributed by atoms with van der Waals surface area (Å²) in [7, 11) is 0. The van der Waals surface area contributed by atoms with Crippen molar-refractivity contribution in [2.45, 2.75) is 12.8 Å². The molecule has 6 nitrogen and oxygen atoms in total. The average molecular weight is 428 g/mol. The van der Waals surface area contributed by atoms with Crippen molar-refractivity contribution in [1.29, 1.82) is 0 Å². The lowest BCUT2D eigenvalue weighted by atomic mass is 9.97. The smallest absolute Gasteiger partial charge is 0.229 e. The van der Waals surface area contributed by atoms with Gasteiger partial charge in [-0.3, -0.25) is 9.78 Å². The molecule has 148 valence electrons. The van der Waals surface area contributed by atoms with Gasteiger partial charge in [-0.15, -0.1) is 10.2 Å². The van der Waals surface area contributed by atoms with Crippen LogP contribution in [0.3, 0.4) is 0 Å². The van der Waals surface area contributed by atoms with E-state index in [1.807, 2.05) is 24.3 Å². The van der Waals surface area contributed by atoms with E-state index in [1.54, 1.807) is 30.6 Å². The molecule has 0 aliphatic carbocycles. The number of nitrogens with zero attached hydrogens (tertiary/aromatic N) is 4. The number of aromatic nitrogens is 3. The van der Waals surface area contributed by atoms with Gasteiger partial charge in [0, 0.05) is 36.7 Å². The van der Waals surface area contributed by atoms with E-state index in [1.165, 1.54) is 0 Å². The van der Waals surface area contributed by atoms with Crippen molar-refractivity contribution in [2.24, 2.45) is 5.92 Å². The number of amides is 1. The predicted molar refractivity (Wildman–Crippen MR) is 115 cm³/mol. The van der Waals surface area contributed by atoms with Gasteiger partial charge in [0.15, 0.2) is 5.82 Å². The zero-order chi connectivity index (χ0) is 20.2. The van der Waals surface area contributed by atoms with Gasteiger partial charge in [-0.1, -0.05) is 23.2 Å². The van der Waals surface area contributed by atoms with E-state index in [0.29, 0.717) is 22.3 Å². The molecule has 1 atom stereocenters. The fraction of sp³-hybridized carbons (Fsp3) is 0.238. The molecular weight excluding hydrogens is 409 g/mol. The van der Waals surface area contributed by atoms with Crippen LogP contribution >= 0.6 is 23.2 Å². The maximum atomic E-state index is 12.7. The zero-order valence-corrected chi connectivity index (χ0v) is 17.1. The molecule has 0 spiro atoms. The number of benzene rings is 1. The number of anilines is 2. The summed E-state index contributed by atoms with van der Waals surface area (Å²) in [6.45, 7) is 1.44. The van der Waals surface area contributed by atoms with E-state index >= 15 is 0 Å². The maximum Gasteiger partial charge on any atom is 0.229 e. The number of nitrogens with one attached hydrogen (secondary N) is 1. The second-order valence-electron chi connectivity index (χ2n) is 6.92. The number of rotatable bonds is 4. The molecule has 1 unspecified atom stereocenters. The first-order valence-electron chi connectivity index (χ1n) is 9.35. The minimum Gasteiger partial charge on any atom is -0.354 e. The highest BCUT2D eigenvalue weighted by atomic mass is 35.5. The van der Waals surface area contributed by atoms with Crippen LogP contribution in [0.2, 0.25) is 10.0 Å². The van der Waals surface area contributed by atoms with Gasteiger partial charge in [-0.2, -0.15) is 0 Å². The Kier molecular flexibility index (Phi) is 5.92. The minimum absolute atomic E-state index is 0.0342. The molecule has 0 radical (unpaired) electrons. The van der Waals surface area contributed by atoms with Crippen LogP contribution in [0.5, 0.6) is 0 Å². The third-order valence-electron chi connectivity index (χ3n) is 4.91. The maximum absolute atomic E-state index is 12.7. The molecule has 1 aliphatic rings. The summed E-state index contributed by atoms with van der Waals surface area (Å²) in [5.74, 6) is 0.593. The first kappa shape index (κ1) is 19.6. The van der Waals surface area contributed by atoms with Crippen molar-refractivity contribution in [3.63, 3.8) is 0 Å². The van der Waals surface area contributed by atoms with Gasteiger partial charge < -0.3 is 10.2 Å². The number of hydrogen-bond donors (Lipinski definition) is 1. The molecule has 1 amide bonds. The summed E-state index contributed by atoms with van der Waals surface area (Å²) >= 11 is 12.0. The van der Waals surface area contributed by atoms with Crippen molar-refractivity contribution < 1.29 is 4.79 Å². The zero-order valence-electron chi connectivity index (χ0n) is 15.6. The van der Waals surface area contributed by atoms with Gasteiger partial charge in [-0.25, -0.2) is 0 Å². The van der Waals surface area contributed by atoms with Gasteiger partial charge >= 0.3 is 0 Å². The topological polar surface area (TPSA) is 71.0 Å². The molecular formula is C21H19Cl2N5O. The van der Waals surface area contributed by atoms with Gasteiger partial charge in [0.05, 0.1) is 21.7 Å². The van der Waals surface area contributed by atoms with Crippen molar-refractivity contribution >= 4 is 40.6 Å². The van der Waals surface area contributed by atoms with E-state index in [2.05, 4.69) is 25.4 Å². The number of piperidine rings is 1. The van der Waals surface area contributed by atoms with E-state index in [-0.39, 0.29) is 11.8 Å². The van der Waals surface area contributed by atoms with Crippen LogP contribution in [0.4, 0.5) is 11.5 Å². The van der Waals surface area contributed by atoms with Crippen LogP contribution in [0.25, 0.3) is 11.3 Å². The summed E-state index contributed by atoms with van der Waals surface area (Å²) in [5, 5.41) is 12.5. The summed E-state index contributed by atoms with van der Waals surface area (Å²) in [6.07, 6.45) is 5.21. The molecule has 2 aromatic heterocycles. The fourth-order valence-corrected chi connectivity index (χ4v) is 3.68. The molecule has 1 N–H and O–H groups in total. The molecule has 8 heteroatoms. The second-order valence-corrected chi connectivity index (χ2v) is 7.74. The summed E-state index contributed by atoms with van der Waals surface area (Å²) in [5.41, 5.74) is 2.33. The Balaban J connectivity index is 1.42. The van der Waals surface area contributed by atoms with Crippen LogP contribution < -0.4 is 10.2 Å². The van der Waals surface area contributed by atoms with Gasteiger partial charge in [0.25, 0.3) is 0 Å². The summed E-state index contributed by atoms with van der Waals surface area (Å²) < 4.78 is 0. The lowest BCUT2D eigenvalue weighted by Crippen LogP contribution is -2.41. The Morgan fingerprint density at radius 2 is 2.00 bits per heavy atom. The second kappa shape index (κ2) is 8.76. The highest BCUT2D eigenvalue weighted by molar-refractivity contribution is 6.42. The van der Waals surface area contributed by atoms with Crippen LogP contribution in [-0.4, -0.2) is 34.2 Å². The first-order chi connectivity index (χ1) is 14.1. The molecule has 3 aromatic rings. The van der Waals surface area contributed by atoms with Crippen molar-refractivity contribution in [3.8, 4) is 11.3 Å². The van der Waals surface area contributed by atoms with E-state index < -0.39 is 0 Å². The Hall–Kier alpha value is -2.70. The Morgan fingerprint density at radius 3 is 2.72 bits per heavy atom. The largest absolute Gasteiger partial charge is 0.354 e. The van der Waals surface area contributed by atoms with Gasteiger partial charge in [0.2, 0.25) is 5.91 Å². The normalized spacial score (nSPS) is 16.5. The third kappa shape index (κ3) is 4.66. The Bertz CT molecular complexity index is 998. The van der Waals surface area contributed by atoms with Crippen LogP contribution in [0, 0.1) is 5.92 Å². The molecule has 1 fully saturated rings. The van der Waals surface area contributed by atoms with E-state index in [0.717, 1.165) is 36.5 Å². The monoisotopic (exact) mass is 427 g/mol. The molecule has 4 rings (SSSR count). The highest BCUT2D eigenvalue weighted by Crippen LogP contribution is 2.27. The fourth-order valence-electron chi connectivity index (χ4n) is 3.38. The van der Waals surface area contributed by atoms with Gasteiger partial charge in [0.1, 0.15) is 0 Å². The molecule has 1 saturated heterocycles.